The summed E-state index contributed by atoms with van der Waals surface area (Å²) in [7, 11) is 4.61. The molecule has 4 N–H and O–H groups in total. The summed E-state index contributed by atoms with van der Waals surface area (Å²) >= 11 is 0. The fourth-order valence-electron chi connectivity index (χ4n) is 13.7. The highest BCUT2D eigenvalue weighted by Gasteiger charge is 2.73. The molecule has 8 rings (SSSR count). The van der Waals surface area contributed by atoms with Gasteiger partial charge in [0.05, 0.1) is 53.4 Å². The van der Waals surface area contributed by atoms with Gasteiger partial charge in [-0.3, -0.25) is 4.79 Å². The molecule has 3 saturated heterocycles. The van der Waals surface area contributed by atoms with E-state index in [0.29, 0.717) is 50.5 Å². The van der Waals surface area contributed by atoms with Crippen LogP contribution >= 0.6 is 0 Å². The summed E-state index contributed by atoms with van der Waals surface area (Å²) in [4.78, 5) is 26.0. The van der Waals surface area contributed by atoms with Crippen molar-refractivity contribution < 1.29 is 82.1 Å². The predicted molar refractivity (Wildman–Crippen MR) is 242 cm³/mol. The van der Waals surface area contributed by atoms with E-state index >= 15 is 0 Å². The lowest BCUT2D eigenvalue weighted by Crippen LogP contribution is -2.70. The Labute approximate surface area is 400 Å². The first-order chi connectivity index (χ1) is 32.2. The smallest absolute Gasteiger partial charge is 0.338 e. The molecule has 3 aliphatic heterocycles. The Kier molecular flexibility index (Phi) is 15.3. The molecule has 23 atom stereocenters. The lowest BCUT2D eigenvalue weighted by atomic mass is 9.43. The van der Waals surface area contributed by atoms with Crippen molar-refractivity contribution in [3.05, 3.63) is 48.0 Å². The number of aliphatic hydroxyl groups excluding tert-OH is 2. The molecule has 1 unspecified atom stereocenters. The van der Waals surface area contributed by atoms with E-state index < -0.39 is 126 Å². The van der Waals surface area contributed by atoms with Crippen molar-refractivity contribution in [3.8, 4) is 0 Å². The molecule has 3 heterocycles. The number of methoxy groups -OCH3 is 3. The van der Waals surface area contributed by atoms with Crippen molar-refractivity contribution in [1.82, 2.24) is 0 Å². The van der Waals surface area contributed by atoms with Crippen LogP contribution < -0.4 is 0 Å². The highest BCUT2D eigenvalue weighted by atomic mass is 16.8. The molecule has 17 nitrogen and oxygen atoms in total. The molecule has 0 bridgehead atoms. The Balaban J connectivity index is 0.929. The van der Waals surface area contributed by atoms with Crippen molar-refractivity contribution in [3.63, 3.8) is 0 Å². The summed E-state index contributed by atoms with van der Waals surface area (Å²) in [6.45, 7) is 12.7. The molecule has 6 fully saturated rings. The van der Waals surface area contributed by atoms with Crippen LogP contribution in [0.4, 0.5) is 0 Å². The zero-order valence-corrected chi connectivity index (χ0v) is 41.3. The lowest BCUT2D eigenvalue weighted by Gasteiger charge is -2.65. The molecule has 17 heteroatoms. The van der Waals surface area contributed by atoms with Gasteiger partial charge in [0.25, 0.3) is 0 Å². The zero-order chi connectivity index (χ0) is 49.1. The van der Waals surface area contributed by atoms with Crippen LogP contribution in [0.5, 0.6) is 0 Å². The third kappa shape index (κ3) is 9.13. The van der Waals surface area contributed by atoms with Crippen molar-refractivity contribution in [2.75, 3.05) is 21.3 Å². The molecule has 382 valence electrons. The third-order valence-corrected chi connectivity index (χ3v) is 17.6. The van der Waals surface area contributed by atoms with Crippen LogP contribution in [0.2, 0.25) is 0 Å². The summed E-state index contributed by atoms with van der Waals surface area (Å²) in [6.07, 6.45) is -3.60. The van der Waals surface area contributed by atoms with Gasteiger partial charge >= 0.3 is 11.9 Å². The number of benzene rings is 1. The van der Waals surface area contributed by atoms with Crippen LogP contribution in [-0.2, 0) is 56.9 Å². The Bertz CT molecular complexity index is 1940. The summed E-state index contributed by atoms with van der Waals surface area (Å²) in [5, 5.41) is 47.3. The van der Waals surface area contributed by atoms with Gasteiger partial charge in [0.2, 0.25) is 0 Å². The summed E-state index contributed by atoms with van der Waals surface area (Å²) in [5.41, 5.74) is -3.91. The number of carbonyl (C=O) groups is 2. The van der Waals surface area contributed by atoms with Gasteiger partial charge in [-0.15, -0.1) is 0 Å². The van der Waals surface area contributed by atoms with Gasteiger partial charge < -0.3 is 72.5 Å². The van der Waals surface area contributed by atoms with Crippen LogP contribution in [0.1, 0.15) is 110 Å². The minimum absolute atomic E-state index is 0.258. The number of ether oxygens (including phenoxy) is 11. The van der Waals surface area contributed by atoms with E-state index in [1.807, 2.05) is 45.9 Å². The summed E-state index contributed by atoms with van der Waals surface area (Å²) in [5.74, 6) is -1.79. The Morgan fingerprint density at radius 1 is 0.765 bits per heavy atom. The van der Waals surface area contributed by atoms with E-state index in [0.717, 1.165) is 0 Å². The topological polar surface area (TPSA) is 217 Å². The average molecular weight is 961 g/mol. The van der Waals surface area contributed by atoms with Crippen molar-refractivity contribution in [1.29, 1.82) is 0 Å². The standard InChI is InChI=1S/C51H76O17/c1-26(61-30(5)52)33-18-21-51(57)34-17-20-50(56)25-32(16-19-48(50,6)35(34)22-38(49(33,51)7)66-46(55)31-14-12-11-13-15-31)65-39-23-36(58-8)43(28(3)62-39)67-40-24-37(59-9)44(29(4)63-40)68-47-42(54)45(60-10)41(53)27(2)64-47/h11-15,17,20,26-29,32-45,47,53-54,56-57H,16,18-19,21-25H2,1-10H3/t26-,27+,28+,29+,32-,33+,34-,35-,36-,37-,38+,39-,40-,41+,42+,43+,44+,45+,47-,48+,49-,50?,51-/m0/s1. The van der Waals surface area contributed by atoms with E-state index in [-0.39, 0.29) is 30.3 Å². The second kappa shape index (κ2) is 20.1. The third-order valence-electron chi connectivity index (χ3n) is 17.6. The molecular weight excluding hydrogens is 885 g/mol. The predicted octanol–water partition coefficient (Wildman–Crippen LogP) is 4.38. The summed E-state index contributed by atoms with van der Waals surface area (Å²) in [6, 6.07) is 8.82. The van der Waals surface area contributed by atoms with Gasteiger partial charge in [-0.25, -0.2) is 4.79 Å². The molecule has 1 aromatic carbocycles. The number of hydrogen-bond acceptors (Lipinski definition) is 17. The highest BCUT2D eigenvalue weighted by molar-refractivity contribution is 5.89. The second-order valence-electron chi connectivity index (χ2n) is 21.2. The monoisotopic (exact) mass is 961 g/mol. The number of hydrogen-bond donors (Lipinski definition) is 4. The van der Waals surface area contributed by atoms with Gasteiger partial charge in [-0.1, -0.05) is 44.2 Å². The summed E-state index contributed by atoms with van der Waals surface area (Å²) < 4.78 is 67.7. The fourth-order valence-corrected chi connectivity index (χ4v) is 13.7. The van der Waals surface area contributed by atoms with Crippen molar-refractivity contribution in [2.45, 2.75) is 209 Å². The molecule has 68 heavy (non-hydrogen) atoms. The maximum atomic E-state index is 13.8. The maximum absolute atomic E-state index is 13.8. The normalized spacial score (nSPS) is 48.4. The zero-order valence-electron chi connectivity index (χ0n) is 41.3. The first-order valence-corrected chi connectivity index (χ1v) is 24.7. The first kappa shape index (κ1) is 51.7. The second-order valence-corrected chi connectivity index (χ2v) is 21.2. The Morgan fingerprint density at radius 3 is 2.01 bits per heavy atom. The van der Waals surface area contributed by atoms with Crippen molar-refractivity contribution >= 4 is 11.9 Å². The number of carbonyl (C=O) groups excluding carboxylic acids is 2. The molecule has 1 aromatic rings. The fraction of sp³-hybridized carbons (Fsp3) is 0.804. The van der Waals surface area contributed by atoms with Crippen LogP contribution in [-0.4, -0.2) is 163 Å². The largest absolute Gasteiger partial charge is 0.463 e. The SMILES string of the molecule is CO[C@H]1[C@@H](O)[C@H](O[C@H]2[C@@H](OC)C[C@H](O[C@H]3[C@@H](OC)C[C@H](O[C@H]4CC[C@]5(C)[C@H]6C[C@@H](OC(=O)c7ccccc7)[C@]7(C)[C@@H]([C@H](C)OC(C)=O)CC[C@]7(O)[C@H]6C=CC5(O)C4)O[C@@H]3C)O[C@@H]2C)O[C@H](C)[C@H]1O. The van der Waals surface area contributed by atoms with E-state index in [1.165, 1.54) is 14.0 Å². The molecule has 0 amide bonds. The molecule has 0 aromatic heterocycles. The van der Waals surface area contributed by atoms with Gasteiger partial charge in [0.15, 0.2) is 18.9 Å². The van der Waals surface area contributed by atoms with Gasteiger partial charge in [0.1, 0.15) is 42.7 Å². The van der Waals surface area contributed by atoms with Gasteiger partial charge in [-0.2, -0.15) is 0 Å². The Hall–Kier alpha value is -2.62. The van der Waals surface area contributed by atoms with Crippen LogP contribution in [0.15, 0.2) is 42.5 Å². The van der Waals surface area contributed by atoms with Crippen LogP contribution in [0.3, 0.4) is 0 Å². The molecule has 4 aliphatic carbocycles. The Morgan fingerprint density at radius 2 is 1.40 bits per heavy atom. The molecule has 7 aliphatic rings. The molecule has 0 spiro atoms. The number of aliphatic hydroxyl groups is 4. The van der Waals surface area contributed by atoms with E-state index in [1.54, 1.807) is 45.4 Å². The minimum Gasteiger partial charge on any atom is -0.463 e. The maximum Gasteiger partial charge on any atom is 0.338 e. The first-order valence-electron chi connectivity index (χ1n) is 24.7. The van der Waals surface area contributed by atoms with E-state index in [2.05, 4.69) is 6.92 Å². The van der Waals surface area contributed by atoms with E-state index in [4.69, 9.17) is 52.1 Å². The van der Waals surface area contributed by atoms with E-state index in [9.17, 15) is 30.0 Å². The molecule has 0 radical (unpaired) electrons. The van der Waals surface area contributed by atoms with Crippen LogP contribution in [0.25, 0.3) is 0 Å². The highest BCUT2D eigenvalue weighted by Crippen LogP contribution is 2.69. The average Bonchev–Trinajstić information content (AvgIpc) is 3.59. The van der Waals surface area contributed by atoms with Crippen LogP contribution in [0, 0.1) is 28.6 Å². The number of esters is 2. The molecular formula is C51H76O17. The minimum atomic E-state index is -1.32. The van der Waals surface area contributed by atoms with Gasteiger partial charge in [-0.05, 0) is 77.8 Å². The number of rotatable bonds is 13. The quantitative estimate of drug-likeness (QED) is 0.159. The lowest BCUT2D eigenvalue weighted by molar-refractivity contribution is -0.352. The number of fused-ring (bicyclic) bond motifs is 5. The molecule has 3 saturated carbocycles. The van der Waals surface area contributed by atoms with Crippen molar-refractivity contribution in [2.24, 2.45) is 28.6 Å². The van der Waals surface area contributed by atoms with Gasteiger partial charge in [0, 0.05) is 70.2 Å².